The summed E-state index contributed by atoms with van der Waals surface area (Å²) in [4.78, 5) is 14.9. The van der Waals surface area contributed by atoms with E-state index in [2.05, 4.69) is 10.6 Å². The maximum Gasteiger partial charge on any atom is 0.254 e. The number of benzene rings is 2. The smallest absolute Gasteiger partial charge is 0.254 e. The zero-order chi connectivity index (χ0) is 18.7. The highest BCUT2D eigenvalue weighted by Crippen LogP contribution is 2.29. The summed E-state index contributed by atoms with van der Waals surface area (Å²) in [5.74, 6) is -0.0474. The number of allylic oxidation sites excluding steroid dienone is 1. The maximum absolute atomic E-state index is 13.2. The molecule has 0 aromatic heterocycles. The third kappa shape index (κ3) is 4.06. The topological polar surface area (TPSA) is 44.4 Å². The van der Waals surface area contributed by atoms with Crippen LogP contribution in [0.2, 0.25) is 5.02 Å². The van der Waals surface area contributed by atoms with Crippen molar-refractivity contribution in [3.8, 4) is 0 Å². The van der Waals surface area contributed by atoms with Gasteiger partial charge in [0.25, 0.3) is 5.91 Å². The van der Waals surface area contributed by atoms with Crippen molar-refractivity contribution in [2.45, 2.75) is 19.5 Å². The van der Waals surface area contributed by atoms with Crippen molar-refractivity contribution in [2.75, 3.05) is 7.05 Å². The van der Waals surface area contributed by atoms with Crippen LogP contribution in [-0.4, -0.2) is 23.0 Å². The van der Waals surface area contributed by atoms with Crippen LogP contribution in [0.1, 0.15) is 24.1 Å². The molecule has 2 aromatic carbocycles. The molecule has 0 aliphatic carbocycles. The van der Waals surface area contributed by atoms with Gasteiger partial charge in [0.05, 0.1) is 11.6 Å². The van der Waals surface area contributed by atoms with E-state index in [1.165, 1.54) is 0 Å². The second kappa shape index (κ2) is 7.89. The zero-order valence-electron chi connectivity index (χ0n) is 14.6. The summed E-state index contributed by atoms with van der Waals surface area (Å²) in [7, 11) is 1.81. The molecule has 1 amide bonds. The SMILES string of the molecule is CC1=C(C(=O)N(C)Cc2ccccc2)C(c2ccc(Cl)cc2)NC(=S)N1. The lowest BCUT2D eigenvalue weighted by molar-refractivity contribution is -0.126. The number of carbonyl (C=O) groups is 1. The van der Waals surface area contributed by atoms with Crippen LogP contribution >= 0.6 is 23.8 Å². The van der Waals surface area contributed by atoms with Crippen molar-refractivity contribution in [3.63, 3.8) is 0 Å². The van der Waals surface area contributed by atoms with Crippen LogP contribution in [-0.2, 0) is 11.3 Å². The largest absolute Gasteiger partial charge is 0.351 e. The lowest BCUT2D eigenvalue weighted by Crippen LogP contribution is -2.47. The fraction of sp³-hybridized carbons (Fsp3) is 0.200. The number of hydrogen-bond acceptors (Lipinski definition) is 2. The van der Waals surface area contributed by atoms with Crippen molar-refractivity contribution in [3.05, 3.63) is 82.0 Å². The number of nitrogens with zero attached hydrogens (tertiary/aromatic N) is 1. The van der Waals surface area contributed by atoms with Crippen LogP contribution in [0.15, 0.2) is 65.9 Å². The van der Waals surface area contributed by atoms with Crippen molar-refractivity contribution in [1.82, 2.24) is 15.5 Å². The van der Waals surface area contributed by atoms with E-state index in [1.807, 2.05) is 68.6 Å². The maximum atomic E-state index is 13.2. The Kier molecular flexibility index (Phi) is 5.59. The summed E-state index contributed by atoms with van der Waals surface area (Å²) in [5.41, 5.74) is 3.43. The molecule has 2 N–H and O–H groups in total. The predicted octanol–water partition coefficient (Wildman–Crippen LogP) is 3.79. The second-order valence-corrected chi connectivity index (χ2v) is 7.11. The molecule has 26 heavy (non-hydrogen) atoms. The fourth-order valence-electron chi connectivity index (χ4n) is 3.02. The number of halogens is 1. The van der Waals surface area contributed by atoms with E-state index in [0.29, 0.717) is 22.3 Å². The number of rotatable bonds is 4. The van der Waals surface area contributed by atoms with E-state index in [1.54, 1.807) is 4.90 Å². The number of amides is 1. The fourth-order valence-corrected chi connectivity index (χ4v) is 3.41. The molecule has 3 rings (SSSR count). The van der Waals surface area contributed by atoms with E-state index in [9.17, 15) is 4.79 Å². The Labute approximate surface area is 163 Å². The Morgan fingerprint density at radius 2 is 1.81 bits per heavy atom. The summed E-state index contributed by atoms with van der Waals surface area (Å²) in [6.07, 6.45) is 0. The summed E-state index contributed by atoms with van der Waals surface area (Å²) in [6, 6.07) is 17.0. The van der Waals surface area contributed by atoms with Gasteiger partial charge >= 0.3 is 0 Å². The molecule has 0 spiro atoms. The average molecular weight is 386 g/mol. The molecule has 0 saturated carbocycles. The molecular formula is C20H20ClN3OS. The molecular weight excluding hydrogens is 366 g/mol. The van der Waals surface area contributed by atoms with Crippen LogP contribution in [0, 0.1) is 0 Å². The molecule has 0 saturated heterocycles. The van der Waals surface area contributed by atoms with Gasteiger partial charge in [-0.2, -0.15) is 0 Å². The second-order valence-electron chi connectivity index (χ2n) is 6.27. The zero-order valence-corrected chi connectivity index (χ0v) is 16.2. The third-order valence-electron chi connectivity index (χ3n) is 4.31. The van der Waals surface area contributed by atoms with Crippen molar-refractivity contribution >= 4 is 34.8 Å². The molecule has 1 aliphatic heterocycles. The Hall–Kier alpha value is -2.37. The monoisotopic (exact) mass is 385 g/mol. The number of thiocarbonyl (C=S) groups is 1. The van der Waals surface area contributed by atoms with Crippen molar-refractivity contribution in [2.24, 2.45) is 0 Å². The van der Waals surface area contributed by atoms with Crippen LogP contribution in [0.25, 0.3) is 0 Å². The van der Waals surface area contributed by atoms with Crippen molar-refractivity contribution in [1.29, 1.82) is 0 Å². The van der Waals surface area contributed by atoms with E-state index < -0.39 is 0 Å². The average Bonchev–Trinajstić information content (AvgIpc) is 2.62. The highest BCUT2D eigenvalue weighted by molar-refractivity contribution is 7.80. The molecule has 1 atom stereocenters. The van der Waals surface area contributed by atoms with Gasteiger partial charge in [-0.25, -0.2) is 0 Å². The highest BCUT2D eigenvalue weighted by Gasteiger charge is 2.31. The Morgan fingerprint density at radius 1 is 1.15 bits per heavy atom. The molecule has 6 heteroatoms. The van der Waals surface area contributed by atoms with Gasteiger partial charge < -0.3 is 15.5 Å². The van der Waals surface area contributed by atoms with Gasteiger partial charge in [-0.3, -0.25) is 4.79 Å². The molecule has 0 radical (unpaired) electrons. The molecule has 4 nitrogen and oxygen atoms in total. The van der Waals surface area contributed by atoms with E-state index >= 15 is 0 Å². The van der Waals surface area contributed by atoms with E-state index in [0.717, 1.165) is 16.8 Å². The lowest BCUT2D eigenvalue weighted by Gasteiger charge is -2.32. The third-order valence-corrected chi connectivity index (χ3v) is 4.78. The molecule has 134 valence electrons. The lowest BCUT2D eigenvalue weighted by atomic mass is 9.94. The van der Waals surface area contributed by atoms with Gasteiger partial charge in [-0.05, 0) is 42.4 Å². The van der Waals surface area contributed by atoms with Gasteiger partial charge in [0, 0.05) is 24.3 Å². The molecule has 0 bridgehead atoms. The molecule has 1 heterocycles. The molecule has 1 unspecified atom stereocenters. The minimum absolute atomic E-state index is 0.0474. The van der Waals surface area contributed by atoms with Gasteiger partial charge in [-0.15, -0.1) is 0 Å². The number of carbonyl (C=O) groups excluding carboxylic acids is 1. The Bertz CT molecular complexity index is 849. The van der Waals surface area contributed by atoms with Gasteiger partial charge in [0.1, 0.15) is 0 Å². The van der Waals surface area contributed by atoms with Crippen molar-refractivity contribution < 1.29 is 4.79 Å². The number of hydrogen-bond donors (Lipinski definition) is 2. The van der Waals surface area contributed by atoms with E-state index in [-0.39, 0.29) is 11.9 Å². The first kappa shape index (κ1) is 18.4. The summed E-state index contributed by atoms with van der Waals surface area (Å²) < 4.78 is 0. The first-order valence-electron chi connectivity index (χ1n) is 8.29. The van der Waals surface area contributed by atoms with Crippen LogP contribution in [0.3, 0.4) is 0 Å². The molecule has 1 aliphatic rings. The summed E-state index contributed by atoms with van der Waals surface area (Å²) >= 11 is 11.3. The molecule has 2 aromatic rings. The quantitative estimate of drug-likeness (QED) is 0.786. The van der Waals surface area contributed by atoms with E-state index in [4.69, 9.17) is 23.8 Å². The summed E-state index contributed by atoms with van der Waals surface area (Å²) in [5, 5.41) is 7.43. The standard InChI is InChI=1S/C20H20ClN3OS/c1-13-17(19(25)24(2)12-14-6-4-3-5-7-14)18(23-20(26)22-13)15-8-10-16(21)11-9-15/h3-11,18H,12H2,1-2H3,(H2,22,23,26). The Morgan fingerprint density at radius 3 is 2.46 bits per heavy atom. The van der Waals surface area contributed by atoms with Gasteiger partial charge in [-0.1, -0.05) is 54.1 Å². The highest BCUT2D eigenvalue weighted by atomic mass is 35.5. The first-order chi connectivity index (χ1) is 12.5. The minimum Gasteiger partial charge on any atom is -0.351 e. The van der Waals surface area contributed by atoms with Crippen LogP contribution in [0.5, 0.6) is 0 Å². The number of nitrogens with one attached hydrogen (secondary N) is 2. The van der Waals surface area contributed by atoms with Crippen LogP contribution in [0.4, 0.5) is 0 Å². The Balaban J connectivity index is 1.90. The predicted molar refractivity (Wildman–Crippen MR) is 109 cm³/mol. The van der Waals surface area contributed by atoms with Crippen LogP contribution < -0.4 is 10.6 Å². The minimum atomic E-state index is -0.313. The van der Waals surface area contributed by atoms with Gasteiger partial charge in [0.2, 0.25) is 0 Å². The number of likely N-dealkylation sites (N-methyl/N-ethyl adjacent to an activating group) is 1. The summed E-state index contributed by atoms with van der Waals surface area (Å²) in [6.45, 7) is 2.41. The molecule has 0 fully saturated rings. The first-order valence-corrected chi connectivity index (χ1v) is 9.07. The van der Waals surface area contributed by atoms with Gasteiger partial charge in [0.15, 0.2) is 5.11 Å². The normalized spacial score (nSPS) is 16.7.